The number of benzene rings is 1. The van der Waals surface area contributed by atoms with Crippen LogP contribution in [0.2, 0.25) is 0 Å². The molecule has 32 heavy (non-hydrogen) atoms. The number of para-hydroxylation sites is 1. The zero-order valence-corrected chi connectivity index (χ0v) is 16.8. The summed E-state index contributed by atoms with van der Waals surface area (Å²) in [4.78, 5) is 29.5. The minimum Gasteiger partial charge on any atom is -0.405 e. The van der Waals surface area contributed by atoms with Gasteiger partial charge in [-0.3, -0.25) is 4.79 Å². The number of amides is 1. The van der Waals surface area contributed by atoms with Crippen LogP contribution in [0.3, 0.4) is 0 Å². The molecule has 3 aromatic rings. The Hall–Kier alpha value is -3.89. The van der Waals surface area contributed by atoms with Crippen LogP contribution in [0.15, 0.2) is 61.1 Å². The number of nitrogens with one attached hydrogen (secondary N) is 1. The molecule has 0 radical (unpaired) electrons. The van der Waals surface area contributed by atoms with Gasteiger partial charge in [0.05, 0.1) is 23.6 Å². The first-order valence-corrected chi connectivity index (χ1v) is 9.78. The van der Waals surface area contributed by atoms with Crippen LogP contribution in [0.5, 0.6) is 5.75 Å². The normalized spacial score (nSPS) is 14.2. The van der Waals surface area contributed by atoms with Crippen molar-refractivity contribution in [3.8, 4) is 5.75 Å². The van der Waals surface area contributed by atoms with Crippen LogP contribution in [0.1, 0.15) is 10.4 Å². The van der Waals surface area contributed by atoms with Crippen molar-refractivity contribution in [3.63, 3.8) is 0 Å². The van der Waals surface area contributed by atoms with Crippen LogP contribution in [-0.2, 0) is 0 Å². The Bertz CT molecular complexity index is 1060. The zero-order chi connectivity index (χ0) is 22.6. The van der Waals surface area contributed by atoms with Gasteiger partial charge in [0.2, 0.25) is 5.95 Å². The van der Waals surface area contributed by atoms with Crippen molar-refractivity contribution >= 4 is 23.4 Å². The van der Waals surface area contributed by atoms with Crippen molar-refractivity contribution < 1.29 is 22.7 Å². The standard InChI is InChI=1S/C21H19F3N6O2/c22-21(23,24)32-17-6-2-1-5-16(17)19(31)28-15-13-26-20(27-14-15)30-11-9-29(10-12-30)18-7-3-4-8-25-18/h1-8,13-14H,9-12H2,(H,28,31). The Balaban J connectivity index is 1.37. The summed E-state index contributed by atoms with van der Waals surface area (Å²) < 4.78 is 41.6. The van der Waals surface area contributed by atoms with E-state index in [0.29, 0.717) is 19.0 Å². The number of hydrogen-bond donors (Lipinski definition) is 1. The predicted octanol–water partition coefficient (Wildman–Crippen LogP) is 3.35. The lowest BCUT2D eigenvalue weighted by molar-refractivity contribution is -0.274. The lowest BCUT2D eigenvalue weighted by atomic mass is 10.2. The van der Waals surface area contributed by atoms with Gasteiger partial charge in [0.1, 0.15) is 11.6 Å². The minimum atomic E-state index is -4.90. The maximum absolute atomic E-state index is 12.6. The highest BCUT2D eigenvalue weighted by Gasteiger charge is 2.33. The van der Waals surface area contributed by atoms with Crippen molar-refractivity contribution in [2.45, 2.75) is 6.36 Å². The van der Waals surface area contributed by atoms with Crippen molar-refractivity contribution in [1.82, 2.24) is 15.0 Å². The third-order valence-corrected chi connectivity index (χ3v) is 4.79. The quantitative estimate of drug-likeness (QED) is 0.646. The van der Waals surface area contributed by atoms with Crippen molar-refractivity contribution in [2.24, 2.45) is 0 Å². The highest BCUT2D eigenvalue weighted by Crippen LogP contribution is 2.27. The van der Waals surface area contributed by atoms with Crippen LogP contribution in [0, 0.1) is 0 Å². The monoisotopic (exact) mass is 444 g/mol. The summed E-state index contributed by atoms with van der Waals surface area (Å²) in [5.41, 5.74) is 0.00669. The second-order valence-electron chi connectivity index (χ2n) is 6.93. The predicted molar refractivity (Wildman–Crippen MR) is 112 cm³/mol. The van der Waals surface area contributed by atoms with E-state index in [2.05, 4.69) is 29.9 Å². The molecule has 0 bridgehead atoms. The molecule has 8 nitrogen and oxygen atoms in total. The van der Waals surface area contributed by atoms with E-state index < -0.39 is 18.0 Å². The van der Waals surface area contributed by atoms with E-state index in [4.69, 9.17) is 0 Å². The second kappa shape index (κ2) is 9.08. The van der Waals surface area contributed by atoms with Gasteiger partial charge in [-0.05, 0) is 24.3 Å². The molecule has 0 spiro atoms. The SMILES string of the molecule is O=C(Nc1cnc(N2CCN(c3ccccn3)CC2)nc1)c1ccccc1OC(F)(F)F. The Morgan fingerprint density at radius 3 is 2.22 bits per heavy atom. The molecular formula is C21H19F3N6O2. The average Bonchev–Trinajstić information content (AvgIpc) is 2.79. The number of ether oxygens (including phenoxy) is 1. The van der Waals surface area contributed by atoms with Gasteiger partial charge in [0.15, 0.2) is 0 Å². The lowest BCUT2D eigenvalue weighted by Gasteiger charge is -2.35. The smallest absolute Gasteiger partial charge is 0.405 e. The molecule has 0 unspecified atom stereocenters. The van der Waals surface area contributed by atoms with Gasteiger partial charge >= 0.3 is 6.36 Å². The highest BCUT2D eigenvalue weighted by atomic mass is 19.4. The highest BCUT2D eigenvalue weighted by molar-refractivity contribution is 6.06. The van der Waals surface area contributed by atoms with E-state index >= 15 is 0 Å². The van der Waals surface area contributed by atoms with Gasteiger partial charge in [-0.25, -0.2) is 15.0 Å². The summed E-state index contributed by atoms with van der Waals surface area (Å²) in [5.74, 6) is 0.0800. The van der Waals surface area contributed by atoms with E-state index in [1.807, 2.05) is 23.1 Å². The summed E-state index contributed by atoms with van der Waals surface area (Å²) in [6.45, 7) is 2.92. The fourth-order valence-electron chi connectivity index (χ4n) is 3.29. The lowest BCUT2D eigenvalue weighted by Crippen LogP contribution is -2.47. The molecule has 1 N–H and O–H groups in total. The summed E-state index contributed by atoms with van der Waals surface area (Å²) in [5, 5.41) is 2.50. The number of aromatic nitrogens is 3. The number of anilines is 3. The molecule has 0 aliphatic carbocycles. The second-order valence-corrected chi connectivity index (χ2v) is 6.93. The molecule has 4 rings (SSSR count). The van der Waals surface area contributed by atoms with Gasteiger partial charge < -0.3 is 19.9 Å². The van der Waals surface area contributed by atoms with E-state index in [1.54, 1.807) is 6.20 Å². The summed E-state index contributed by atoms with van der Waals surface area (Å²) in [7, 11) is 0. The zero-order valence-electron chi connectivity index (χ0n) is 16.8. The van der Waals surface area contributed by atoms with Crippen molar-refractivity contribution in [2.75, 3.05) is 41.3 Å². The summed E-state index contributed by atoms with van der Waals surface area (Å²) >= 11 is 0. The number of carbonyl (C=O) groups excluding carboxylic acids is 1. The van der Waals surface area contributed by atoms with Crippen LogP contribution < -0.4 is 19.9 Å². The Morgan fingerprint density at radius 1 is 0.906 bits per heavy atom. The maximum atomic E-state index is 12.6. The van der Waals surface area contributed by atoms with Crippen molar-refractivity contribution in [3.05, 3.63) is 66.6 Å². The molecule has 1 aliphatic heterocycles. The molecular weight excluding hydrogens is 425 g/mol. The van der Waals surface area contributed by atoms with Gasteiger partial charge in [-0.1, -0.05) is 18.2 Å². The summed E-state index contributed by atoms with van der Waals surface area (Å²) in [6.07, 6.45) is -0.315. The molecule has 0 saturated carbocycles. The van der Waals surface area contributed by atoms with Gasteiger partial charge in [0, 0.05) is 32.4 Å². The molecule has 0 atom stereocenters. The van der Waals surface area contributed by atoms with Gasteiger partial charge in [-0.2, -0.15) is 0 Å². The molecule has 3 heterocycles. The fourth-order valence-corrected chi connectivity index (χ4v) is 3.29. The van der Waals surface area contributed by atoms with Crippen LogP contribution in [0.4, 0.5) is 30.6 Å². The third kappa shape index (κ3) is 5.23. The van der Waals surface area contributed by atoms with Crippen molar-refractivity contribution in [1.29, 1.82) is 0 Å². The van der Waals surface area contributed by atoms with Crippen LogP contribution in [0.25, 0.3) is 0 Å². The molecule has 1 saturated heterocycles. The van der Waals surface area contributed by atoms with Gasteiger partial charge in [0.25, 0.3) is 5.91 Å². The number of pyridine rings is 1. The molecule has 1 aliphatic rings. The number of carbonyl (C=O) groups is 1. The first-order chi connectivity index (χ1) is 15.4. The Morgan fingerprint density at radius 2 is 1.56 bits per heavy atom. The third-order valence-electron chi connectivity index (χ3n) is 4.79. The van der Waals surface area contributed by atoms with E-state index in [9.17, 15) is 18.0 Å². The molecule has 1 fully saturated rings. The maximum Gasteiger partial charge on any atom is 0.573 e. The van der Waals surface area contributed by atoms with E-state index in [0.717, 1.165) is 25.0 Å². The van der Waals surface area contributed by atoms with E-state index in [-0.39, 0.29) is 11.3 Å². The topological polar surface area (TPSA) is 83.5 Å². The fraction of sp³-hybridized carbons (Fsp3) is 0.238. The number of rotatable bonds is 5. The first-order valence-electron chi connectivity index (χ1n) is 9.78. The molecule has 2 aromatic heterocycles. The molecule has 1 amide bonds. The summed E-state index contributed by atoms with van der Waals surface area (Å²) in [6, 6.07) is 10.9. The Kier molecular flexibility index (Phi) is 6.06. The van der Waals surface area contributed by atoms with Crippen LogP contribution >= 0.6 is 0 Å². The number of piperazine rings is 1. The number of nitrogens with zero attached hydrogens (tertiary/aromatic N) is 5. The number of alkyl halides is 3. The molecule has 1 aromatic carbocycles. The van der Waals surface area contributed by atoms with Gasteiger partial charge in [-0.15, -0.1) is 13.2 Å². The number of hydrogen-bond acceptors (Lipinski definition) is 7. The molecule has 11 heteroatoms. The average molecular weight is 444 g/mol. The first kappa shape index (κ1) is 21.3. The minimum absolute atomic E-state index is 0.250. The Labute approximate surface area is 181 Å². The van der Waals surface area contributed by atoms with E-state index in [1.165, 1.54) is 30.6 Å². The largest absolute Gasteiger partial charge is 0.573 e. The number of halogens is 3. The molecule has 166 valence electrons. The van der Waals surface area contributed by atoms with Crippen LogP contribution in [-0.4, -0.2) is 53.4 Å².